The highest BCUT2D eigenvalue weighted by Crippen LogP contribution is 2.24. The molecule has 0 aromatic carbocycles. The zero-order chi connectivity index (χ0) is 13.1. The molecule has 2 atom stereocenters. The fraction of sp³-hybridized carbons (Fsp3) is 0.923. The van der Waals surface area contributed by atoms with Crippen LogP contribution in [0.4, 0.5) is 4.79 Å². The average Bonchev–Trinajstić information content (AvgIpc) is 2.59. The molecule has 4 nitrogen and oxygen atoms in total. The predicted octanol–water partition coefficient (Wildman–Crippen LogP) is 2.55. The minimum Gasteiger partial charge on any atom is -0.444 e. The summed E-state index contributed by atoms with van der Waals surface area (Å²) in [6.45, 7) is 8.20. The first-order chi connectivity index (χ1) is 7.79. The second kappa shape index (κ2) is 5.71. The maximum absolute atomic E-state index is 12.0. The van der Waals surface area contributed by atoms with E-state index in [1.54, 1.807) is 6.92 Å². The highest BCUT2D eigenvalue weighted by molar-refractivity contribution is 5.68. The van der Waals surface area contributed by atoms with Gasteiger partial charge in [-0.3, -0.25) is 0 Å². The van der Waals surface area contributed by atoms with Crippen LogP contribution in [0.3, 0.4) is 0 Å². The van der Waals surface area contributed by atoms with Crippen molar-refractivity contribution in [2.75, 3.05) is 6.54 Å². The summed E-state index contributed by atoms with van der Waals surface area (Å²) in [4.78, 5) is 13.8. The summed E-state index contributed by atoms with van der Waals surface area (Å²) < 4.78 is 5.38. The van der Waals surface area contributed by atoms with E-state index in [0.29, 0.717) is 0 Å². The topological polar surface area (TPSA) is 49.8 Å². The number of rotatable bonds is 3. The second-order valence-corrected chi connectivity index (χ2v) is 5.90. The van der Waals surface area contributed by atoms with Crippen LogP contribution in [-0.2, 0) is 4.74 Å². The number of carbonyl (C=O) groups is 1. The second-order valence-electron chi connectivity index (χ2n) is 5.90. The van der Waals surface area contributed by atoms with Crippen LogP contribution in [0.2, 0.25) is 0 Å². The Hall–Kier alpha value is -0.770. The van der Waals surface area contributed by atoms with Crippen LogP contribution in [0.1, 0.15) is 53.4 Å². The zero-order valence-corrected chi connectivity index (χ0v) is 11.4. The molecule has 1 heterocycles. The summed E-state index contributed by atoms with van der Waals surface area (Å²) in [5, 5.41) is 9.29. The Bertz CT molecular complexity index is 258. The number of carbonyl (C=O) groups excluding carboxylic acids is 1. The molecule has 1 amide bonds. The van der Waals surface area contributed by atoms with Crippen LogP contribution >= 0.6 is 0 Å². The van der Waals surface area contributed by atoms with Crippen molar-refractivity contribution in [3.05, 3.63) is 0 Å². The molecule has 0 aromatic heterocycles. The van der Waals surface area contributed by atoms with Gasteiger partial charge in [-0.05, 0) is 53.4 Å². The molecule has 0 unspecified atom stereocenters. The Balaban J connectivity index is 2.48. The van der Waals surface area contributed by atoms with Gasteiger partial charge in [0.25, 0.3) is 0 Å². The van der Waals surface area contributed by atoms with Crippen molar-refractivity contribution < 1.29 is 14.6 Å². The van der Waals surface area contributed by atoms with Gasteiger partial charge in [-0.25, -0.2) is 4.79 Å². The van der Waals surface area contributed by atoms with Crippen LogP contribution in [0.5, 0.6) is 0 Å². The Morgan fingerprint density at radius 1 is 1.53 bits per heavy atom. The molecule has 1 aliphatic rings. The van der Waals surface area contributed by atoms with E-state index >= 15 is 0 Å². The maximum atomic E-state index is 12.0. The van der Waals surface area contributed by atoms with E-state index in [4.69, 9.17) is 4.74 Å². The van der Waals surface area contributed by atoms with E-state index in [2.05, 4.69) is 0 Å². The number of ether oxygens (including phenoxy) is 1. The molecule has 0 bridgehead atoms. The molecular weight excluding hydrogens is 218 g/mol. The summed E-state index contributed by atoms with van der Waals surface area (Å²) >= 11 is 0. The lowest BCUT2D eigenvalue weighted by atomic mass is 10.1. The van der Waals surface area contributed by atoms with Gasteiger partial charge in [0.2, 0.25) is 0 Å². The van der Waals surface area contributed by atoms with Gasteiger partial charge in [0.15, 0.2) is 0 Å². The number of hydrogen-bond acceptors (Lipinski definition) is 3. The van der Waals surface area contributed by atoms with E-state index in [1.165, 1.54) is 0 Å². The first-order valence-corrected chi connectivity index (χ1v) is 6.47. The normalized spacial score (nSPS) is 22.6. The van der Waals surface area contributed by atoms with E-state index < -0.39 is 5.60 Å². The molecule has 100 valence electrons. The van der Waals surface area contributed by atoms with Crippen LogP contribution in [-0.4, -0.2) is 40.4 Å². The van der Waals surface area contributed by atoms with Crippen molar-refractivity contribution in [1.82, 2.24) is 4.90 Å². The molecule has 0 saturated carbocycles. The Morgan fingerprint density at radius 3 is 2.71 bits per heavy atom. The van der Waals surface area contributed by atoms with E-state index in [9.17, 15) is 9.90 Å². The molecule has 1 rings (SSSR count). The monoisotopic (exact) mass is 243 g/mol. The molecular formula is C13H25NO3. The third-order valence-corrected chi connectivity index (χ3v) is 2.92. The standard InChI is InChI=1S/C13H25NO3/c1-10(15)7-8-11-6-5-9-14(11)12(16)17-13(2,3)4/h10-11,15H,5-9H2,1-4H3/t10-,11+/m1/s1. The highest BCUT2D eigenvalue weighted by Gasteiger charge is 2.31. The summed E-state index contributed by atoms with van der Waals surface area (Å²) in [7, 11) is 0. The van der Waals surface area contributed by atoms with Crippen LogP contribution in [0.15, 0.2) is 0 Å². The lowest BCUT2D eigenvalue weighted by Crippen LogP contribution is -2.40. The summed E-state index contributed by atoms with van der Waals surface area (Å²) in [6, 6.07) is 0.236. The minimum atomic E-state index is -0.436. The van der Waals surface area contributed by atoms with Gasteiger partial charge in [-0.1, -0.05) is 0 Å². The minimum absolute atomic E-state index is 0.217. The fourth-order valence-electron chi connectivity index (χ4n) is 2.13. The third-order valence-electron chi connectivity index (χ3n) is 2.92. The Labute approximate surface area is 104 Å². The van der Waals surface area contributed by atoms with Crippen molar-refractivity contribution in [1.29, 1.82) is 0 Å². The van der Waals surface area contributed by atoms with Gasteiger partial charge in [-0.15, -0.1) is 0 Å². The molecule has 1 fully saturated rings. The van der Waals surface area contributed by atoms with Crippen LogP contribution < -0.4 is 0 Å². The van der Waals surface area contributed by atoms with Gasteiger partial charge in [0, 0.05) is 12.6 Å². The molecule has 4 heteroatoms. The van der Waals surface area contributed by atoms with Gasteiger partial charge >= 0.3 is 6.09 Å². The molecule has 0 radical (unpaired) electrons. The zero-order valence-electron chi connectivity index (χ0n) is 11.4. The summed E-state index contributed by atoms with van der Waals surface area (Å²) in [5.74, 6) is 0. The van der Waals surface area contributed by atoms with Crippen LogP contribution in [0, 0.1) is 0 Å². The molecule has 17 heavy (non-hydrogen) atoms. The first kappa shape index (κ1) is 14.3. The lowest BCUT2D eigenvalue weighted by molar-refractivity contribution is 0.0209. The van der Waals surface area contributed by atoms with E-state index in [1.807, 2.05) is 25.7 Å². The number of likely N-dealkylation sites (tertiary alicyclic amines) is 1. The van der Waals surface area contributed by atoms with Crippen molar-refractivity contribution in [2.24, 2.45) is 0 Å². The maximum Gasteiger partial charge on any atom is 0.410 e. The van der Waals surface area contributed by atoms with Gasteiger partial charge in [-0.2, -0.15) is 0 Å². The number of amides is 1. The molecule has 0 aliphatic carbocycles. The summed E-state index contributed by atoms with van der Waals surface area (Å²) in [6.07, 6.45) is 3.14. The van der Waals surface area contributed by atoms with E-state index in [0.717, 1.165) is 32.2 Å². The van der Waals surface area contributed by atoms with Crippen LogP contribution in [0.25, 0.3) is 0 Å². The average molecular weight is 243 g/mol. The third kappa shape index (κ3) is 4.94. The van der Waals surface area contributed by atoms with Crippen molar-refractivity contribution in [3.63, 3.8) is 0 Å². The molecule has 1 saturated heterocycles. The quantitative estimate of drug-likeness (QED) is 0.828. The van der Waals surface area contributed by atoms with Gasteiger partial charge < -0.3 is 14.7 Å². The molecule has 1 aliphatic heterocycles. The Kier molecular flexibility index (Phi) is 4.80. The predicted molar refractivity (Wildman–Crippen MR) is 66.9 cm³/mol. The number of aliphatic hydroxyl groups is 1. The highest BCUT2D eigenvalue weighted by atomic mass is 16.6. The van der Waals surface area contributed by atoms with Crippen molar-refractivity contribution in [3.8, 4) is 0 Å². The molecule has 1 N–H and O–H groups in total. The smallest absolute Gasteiger partial charge is 0.410 e. The number of nitrogens with zero attached hydrogens (tertiary/aromatic N) is 1. The lowest BCUT2D eigenvalue weighted by Gasteiger charge is -2.28. The van der Waals surface area contributed by atoms with Crippen molar-refractivity contribution >= 4 is 6.09 Å². The van der Waals surface area contributed by atoms with Gasteiger partial charge in [0.05, 0.1) is 6.10 Å². The van der Waals surface area contributed by atoms with E-state index in [-0.39, 0.29) is 18.2 Å². The largest absolute Gasteiger partial charge is 0.444 e. The molecule has 0 spiro atoms. The Morgan fingerprint density at radius 2 is 2.18 bits per heavy atom. The fourth-order valence-corrected chi connectivity index (χ4v) is 2.13. The number of hydrogen-bond donors (Lipinski definition) is 1. The molecule has 0 aromatic rings. The number of aliphatic hydroxyl groups excluding tert-OH is 1. The first-order valence-electron chi connectivity index (χ1n) is 6.47. The SMILES string of the molecule is C[C@@H](O)CC[C@@H]1CCCN1C(=O)OC(C)(C)C. The summed E-state index contributed by atoms with van der Waals surface area (Å²) in [5.41, 5.74) is -0.436. The van der Waals surface area contributed by atoms with Crippen molar-refractivity contribution in [2.45, 2.75) is 71.1 Å². The van der Waals surface area contributed by atoms with Gasteiger partial charge in [0.1, 0.15) is 5.60 Å².